The summed E-state index contributed by atoms with van der Waals surface area (Å²) in [5.41, 5.74) is 0.928. The second-order valence-electron chi connectivity index (χ2n) is 6.14. The van der Waals surface area contributed by atoms with Crippen molar-refractivity contribution >= 4 is 17.6 Å². The molecule has 0 spiro atoms. The van der Waals surface area contributed by atoms with E-state index in [1.54, 1.807) is 12.1 Å². The van der Waals surface area contributed by atoms with Gasteiger partial charge in [0.2, 0.25) is 12.7 Å². The van der Waals surface area contributed by atoms with Gasteiger partial charge in [0.25, 0.3) is 0 Å². The van der Waals surface area contributed by atoms with E-state index in [4.69, 9.17) is 14.2 Å². The average Bonchev–Trinajstić information content (AvgIpc) is 2.81. The molecular formula is C16H21NO5. The van der Waals surface area contributed by atoms with Crippen LogP contribution in [0.5, 0.6) is 11.5 Å². The van der Waals surface area contributed by atoms with Crippen LogP contribution in [-0.2, 0) is 20.7 Å². The number of amides is 1. The van der Waals surface area contributed by atoms with E-state index in [1.807, 2.05) is 20.8 Å². The predicted molar refractivity (Wildman–Crippen MR) is 81.0 cm³/mol. The molecule has 2 rings (SSSR count). The minimum Gasteiger partial charge on any atom is -0.460 e. The molecule has 0 unspecified atom stereocenters. The molecule has 0 saturated heterocycles. The molecule has 0 saturated carbocycles. The molecule has 120 valence electrons. The van der Waals surface area contributed by atoms with Crippen molar-refractivity contribution in [2.24, 2.45) is 0 Å². The van der Waals surface area contributed by atoms with Crippen molar-refractivity contribution in [3.8, 4) is 11.5 Å². The van der Waals surface area contributed by atoms with Gasteiger partial charge in [0.1, 0.15) is 5.60 Å². The van der Waals surface area contributed by atoms with E-state index in [0.717, 1.165) is 5.56 Å². The number of anilines is 1. The third kappa shape index (κ3) is 4.38. The van der Waals surface area contributed by atoms with Crippen LogP contribution in [0.4, 0.5) is 5.69 Å². The minimum atomic E-state index is -0.503. The fraction of sp³-hybridized carbons (Fsp3) is 0.500. The number of hydrogen-bond acceptors (Lipinski definition) is 5. The Morgan fingerprint density at radius 3 is 2.64 bits per heavy atom. The molecule has 1 N–H and O–H groups in total. The van der Waals surface area contributed by atoms with Gasteiger partial charge < -0.3 is 19.5 Å². The molecule has 0 aliphatic carbocycles. The number of fused-ring (bicyclic) bond motifs is 1. The quantitative estimate of drug-likeness (QED) is 0.866. The average molecular weight is 307 g/mol. The van der Waals surface area contributed by atoms with Gasteiger partial charge in [-0.3, -0.25) is 9.59 Å². The molecule has 6 nitrogen and oxygen atoms in total. The number of aryl methyl sites for hydroxylation is 1. The molecule has 22 heavy (non-hydrogen) atoms. The van der Waals surface area contributed by atoms with Gasteiger partial charge in [0.15, 0.2) is 11.5 Å². The smallest absolute Gasteiger partial charge is 0.306 e. The van der Waals surface area contributed by atoms with Gasteiger partial charge in [-0.15, -0.1) is 0 Å². The summed E-state index contributed by atoms with van der Waals surface area (Å²) in [5.74, 6) is 0.755. The summed E-state index contributed by atoms with van der Waals surface area (Å²) in [6.45, 7) is 7.06. The van der Waals surface area contributed by atoms with Gasteiger partial charge >= 0.3 is 5.97 Å². The molecule has 1 aliphatic rings. The van der Waals surface area contributed by atoms with Gasteiger partial charge in [-0.25, -0.2) is 0 Å². The van der Waals surface area contributed by atoms with Crippen molar-refractivity contribution in [1.82, 2.24) is 0 Å². The summed E-state index contributed by atoms with van der Waals surface area (Å²) in [5, 5.41) is 2.71. The lowest BCUT2D eigenvalue weighted by Gasteiger charge is -2.19. The van der Waals surface area contributed by atoms with Crippen LogP contribution in [0.2, 0.25) is 0 Å². The molecule has 0 atom stereocenters. The van der Waals surface area contributed by atoms with Crippen molar-refractivity contribution in [2.45, 2.75) is 46.1 Å². The van der Waals surface area contributed by atoms with Crippen LogP contribution < -0.4 is 14.8 Å². The Bertz CT molecular complexity index is 589. The topological polar surface area (TPSA) is 73.9 Å². The monoisotopic (exact) mass is 307 g/mol. The first-order valence-corrected chi connectivity index (χ1v) is 7.16. The molecule has 1 amide bonds. The number of carbonyl (C=O) groups excluding carboxylic acids is 2. The Morgan fingerprint density at radius 2 is 2.00 bits per heavy atom. The Labute approximate surface area is 129 Å². The van der Waals surface area contributed by atoms with Gasteiger partial charge in [-0.05, 0) is 33.3 Å². The molecule has 1 heterocycles. The summed E-state index contributed by atoms with van der Waals surface area (Å²) in [6, 6.07) is 3.50. The van der Waals surface area contributed by atoms with Crippen molar-refractivity contribution in [3.05, 3.63) is 17.7 Å². The Morgan fingerprint density at radius 1 is 1.27 bits per heavy atom. The molecule has 0 bridgehead atoms. The van der Waals surface area contributed by atoms with Crippen LogP contribution in [0.3, 0.4) is 0 Å². The van der Waals surface area contributed by atoms with Crippen molar-refractivity contribution in [1.29, 1.82) is 0 Å². The normalized spacial score (nSPS) is 12.9. The zero-order valence-corrected chi connectivity index (χ0v) is 13.3. The minimum absolute atomic E-state index is 0.137. The van der Waals surface area contributed by atoms with Crippen molar-refractivity contribution in [3.63, 3.8) is 0 Å². The molecule has 6 heteroatoms. The second kappa shape index (κ2) is 6.25. The lowest BCUT2D eigenvalue weighted by molar-refractivity contribution is -0.154. The zero-order valence-electron chi connectivity index (χ0n) is 13.3. The highest BCUT2D eigenvalue weighted by Crippen LogP contribution is 2.39. The Kier molecular flexibility index (Phi) is 4.59. The van der Waals surface area contributed by atoms with Crippen molar-refractivity contribution in [2.75, 3.05) is 12.1 Å². The number of hydrogen-bond donors (Lipinski definition) is 1. The molecule has 1 aromatic rings. The number of benzene rings is 1. The zero-order chi connectivity index (χ0) is 16.3. The molecule has 0 fully saturated rings. The first-order valence-electron chi connectivity index (χ1n) is 7.16. The third-order valence-electron chi connectivity index (χ3n) is 2.89. The summed E-state index contributed by atoms with van der Waals surface area (Å²) in [4.78, 5) is 23.0. The highest BCUT2D eigenvalue weighted by Gasteiger charge is 2.21. The molecule has 1 aliphatic heterocycles. The van der Waals surface area contributed by atoms with Crippen LogP contribution in [0.1, 0.15) is 39.7 Å². The number of esters is 1. The van der Waals surface area contributed by atoms with E-state index < -0.39 is 5.60 Å². The summed E-state index contributed by atoms with van der Waals surface area (Å²) < 4.78 is 16.1. The number of rotatable bonds is 4. The first-order chi connectivity index (χ1) is 10.2. The van der Waals surface area contributed by atoms with Crippen LogP contribution in [0.15, 0.2) is 12.1 Å². The summed E-state index contributed by atoms with van der Waals surface area (Å²) in [6.07, 6.45) is 0.685. The summed E-state index contributed by atoms with van der Waals surface area (Å²) in [7, 11) is 0. The maximum Gasteiger partial charge on any atom is 0.306 e. The fourth-order valence-corrected chi connectivity index (χ4v) is 2.17. The fourth-order valence-electron chi connectivity index (χ4n) is 2.17. The molecule has 0 aromatic heterocycles. The van der Waals surface area contributed by atoms with Crippen LogP contribution in [0.25, 0.3) is 0 Å². The summed E-state index contributed by atoms with van der Waals surface area (Å²) >= 11 is 0. The predicted octanol–water partition coefficient (Wildman–Crippen LogP) is 2.65. The first kappa shape index (κ1) is 16.1. The maximum absolute atomic E-state index is 11.8. The van der Waals surface area contributed by atoms with Crippen molar-refractivity contribution < 1.29 is 23.8 Å². The number of carbonyl (C=O) groups is 2. The van der Waals surface area contributed by atoms with Crippen LogP contribution in [0, 0.1) is 0 Å². The largest absolute Gasteiger partial charge is 0.460 e. The van der Waals surface area contributed by atoms with Gasteiger partial charge in [-0.1, -0.05) is 0 Å². The molecule has 1 aromatic carbocycles. The number of ether oxygens (including phenoxy) is 3. The van der Waals surface area contributed by atoms with Crippen LogP contribution in [-0.4, -0.2) is 24.3 Å². The SMILES string of the molecule is CC(=O)Nc1cc(CCC(=O)OC(C)(C)C)c2c(c1)OCO2. The van der Waals surface area contributed by atoms with Gasteiger partial charge in [0, 0.05) is 30.7 Å². The Balaban J connectivity index is 2.11. The molecular weight excluding hydrogens is 286 g/mol. The van der Waals surface area contributed by atoms with E-state index in [2.05, 4.69) is 5.32 Å². The van der Waals surface area contributed by atoms with E-state index in [1.165, 1.54) is 6.92 Å². The molecule has 0 radical (unpaired) electrons. The highest BCUT2D eigenvalue weighted by molar-refractivity contribution is 5.89. The van der Waals surface area contributed by atoms with Crippen LogP contribution >= 0.6 is 0 Å². The van der Waals surface area contributed by atoms with E-state index in [-0.39, 0.29) is 25.1 Å². The lowest BCUT2D eigenvalue weighted by Crippen LogP contribution is -2.24. The third-order valence-corrected chi connectivity index (χ3v) is 2.89. The van der Waals surface area contributed by atoms with Gasteiger partial charge in [-0.2, -0.15) is 0 Å². The Hall–Kier alpha value is -2.24. The van der Waals surface area contributed by atoms with E-state index >= 15 is 0 Å². The standard InChI is InChI=1S/C16H21NO5/c1-10(18)17-12-7-11(15-13(8-12)20-9-21-15)5-6-14(19)22-16(2,3)4/h7-8H,5-6,9H2,1-4H3,(H,17,18). The highest BCUT2D eigenvalue weighted by atomic mass is 16.7. The maximum atomic E-state index is 11.8. The number of nitrogens with one attached hydrogen (secondary N) is 1. The lowest BCUT2D eigenvalue weighted by atomic mass is 10.1. The second-order valence-corrected chi connectivity index (χ2v) is 6.14. The van der Waals surface area contributed by atoms with E-state index in [9.17, 15) is 9.59 Å². The van der Waals surface area contributed by atoms with Gasteiger partial charge in [0.05, 0.1) is 0 Å². The van der Waals surface area contributed by atoms with E-state index in [0.29, 0.717) is 23.6 Å².